The van der Waals surface area contributed by atoms with E-state index in [0.29, 0.717) is 25.6 Å². The summed E-state index contributed by atoms with van der Waals surface area (Å²) >= 11 is 1.44. The lowest BCUT2D eigenvalue weighted by molar-refractivity contribution is 0.0585. The molecule has 0 bridgehead atoms. The number of amides is 1. The summed E-state index contributed by atoms with van der Waals surface area (Å²) < 4.78 is 25.4. The van der Waals surface area contributed by atoms with Crippen LogP contribution in [-0.4, -0.2) is 58.1 Å². The van der Waals surface area contributed by atoms with E-state index in [4.69, 9.17) is 9.47 Å². The fourth-order valence-electron chi connectivity index (χ4n) is 4.03. The van der Waals surface area contributed by atoms with Crippen LogP contribution in [0, 0.1) is 17.2 Å². The van der Waals surface area contributed by atoms with E-state index >= 15 is 0 Å². The van der Waals surface area contributed by atoms with E-state index in [2.05, 4.69) is 15.3 Å². The van der Waals surface area contributed by atoms with Gasteiger partial charge >= 0.3 is 6.09 Å². The third kappa shape index (κ3) is 4.69. The van der Waals surface area contributed by atoms with Gasteiger partial charge < -0.3 is 24.8 Å². The molecule has 10 heteroatoms. The van der Waals surface area contributed by atoms with Crippen molar-refractivity contribution in [2.24, 2.45) is 11.3 Å². The number of thioether (sulfide) groups is 1. The minimum Gasteiger partial charge on any atom is -0.501 e. The Morgan fingerprint density at radius 3 is 2.94 bits per heavy atom. The number of benzene rings is 1. The zero-order valence-corrected chi connectivity index (χ0v) is 19.1. The molecular weight excluding hydrogens is 435 g/mol. The third-order valence-corrected chi connectivity index (χ3v) is 6.71. The average Bonchev–Trinajstić information content (AvgIpc) is 3.49. The first kappa shape index (κ1) is 22.4. The smallest absolute Gasteiger partial charge is 0.410 e. The van der Waals surface area contributed by atoms with Gasteiger partial charge in [0.25, 0.3) is 5.88 Å². The van der Waals surface area contributed by atoms with Crippen molar-refractivity contribution >= 4 is 29.4 Å². The Labute approximate surface area is 190 Å². The van der Waals surface area contributed by atoms with E-state index in [1.807, 2.05) is 20.1 Å². The van der Waals surface area contributed by atoms with Gasteiger partial charge in [0, 0.05) is 23.4 Å². The lowest BCUT2D eigenvalue weighted by Crippen LogP contribution is -2.41. The van der Waals surface area contributed by atoms with Crippen molar-refractivity contribution in [2.75, 3.05) is 31.3 Å². The van der Waals surface area contributed by atoms with Crippen LogP contribution in [0.25, 0.3) is 0 Å². The summed E-state index contributed by atoms with van der Waals surface area (Å²) in [5.74, 6) is -0.263. The van der Waals surface area contributed by atoms with Crippen LogP contribution in [-0.2, 0) is 4.74 Å². The lowest BCUT2D eigenvalue weighted by Gasteiger charge is -2.31. The molecule has 1 saturated carbocycles. The highest BCUT2D eigenvalue weighted by atomic mass is 32.2. The van der Waals surface area contributed by atoms with E-state index in [-0.39, 0.29) is 40.7 Å². The zero-order chi connectivity index (χ0) is 22.9. The first-order chi connectivity index (χ1) is 15.3. The molecule has 8 nitrogen and oxygen atoms in total. The van der Waals surface area contributed by atoms with E-state index in [0.717, 1.165) is 17.7 Å². The summed E-state index contributed by atoms with van der Waals surface area (Å²) in [6.07, 6.45) is 4.46. The molecule has 0 spiro atoms. The number of carbonyl (C=O) groups is 1. The largest absolute Gasteiger partial charge is 0.501 e. The number of aromatic nitrogens is 2. The van der Waals surface area contributed by atoms with E-state index in [9.17, 15) is 14.3 Å². The fraction of sp³-hybridized carbons (Fsp3) is 0.500. The van der Waals surface area contributed by atoms with Crippen LogP contribution in [0.2, 0.25) is 0 Å². The molecule has 2 fully saturated rings. The zero-order valence-electron chi connectivity index (χ0n) is 18.3. The van der Waals surface area contributed by atoms with Crippen LogP contribution in [0.15, 0.2) is 29.4 Å². The van der Waals surface area contributed by atoms with Crippen LogP contribution < -0.4 is 10.1 Å². The number of anilines is 2. The highest BCUT2D eigenvalue weighted by Gasteiger charge is 2.58. The Hall–Kier alpha value is -2.75. The molecule has 2 aliphatic rings. The maximum Gasteiger partial charge on any atom is 0.410 e. The topological polar surface area (TPSA) is 96.8 Å². The van der Waals surface area contributed by atoms with Gasteiger partial charge in [0.05, 0.1) is 18.4 Å². The number of likely N-dealkylation sites (tertiary alicyclic amines) is 1. The molecule has 2 aromatic rings. The molecule has 1 aliphatic heterocycles. The molecule has 1 aliphatic carbocycles. The highest BCUT2D eigenvalue weighted by Crippen LogP contribution is 2.58. The molecule has 2 heterocycles. The van der Waals surface area contributed by atoms with E-state index in [1.165, 1.54) is 24.2 Å². The number of halogens is 1. The van der Waals surface area contributed by atoms with Gasteiger partial charge in [0.2, 0.25) is 5.75 Å². The Morgan fingerprint density at radius 2 is 2.25 bits per heavy atom. The van der Waals surface area contributed by atoms with Crippen LogP contribution in [0.5, 0.6) is 11.6 Å². The Kier molecular flexibility index (Phi) is 6.32. The van der Waals surface area contributed by atoms with E-state index in [1.54, 1.807) is 17.0 Å². The minimum absolute atomic E-state index is 0.0284. The van der Waals surface area contributed by atoms with Gasteiger partial charge in [0.1, 0.15) is 12.1 Å². The summed E-state index contributed by atoms with van der Waals surface area (Å²) in [5, 5.41) is 13.4. The Balaban J connectivity index is 1.37. The second-order valence-corrected chi connectivity index (χ2v) is 9.41. The summed E-state index contributed by atoms with van der Waals surface area (Å²) in [4.78, 5) is 22.7. The maximum atomic E-state index is 14.3. The number of hydrogen-bond acceptors (Lipinski definition) is 8. The van der Waals surface area contributed by atoms with Crippen molar-refractivity contribution in [3.05, 3.63) is 30.3 Å². The second kappa shape index (κ2) is 9.01. The van der Waals surface area contributed by atoms with Gasteiger partial charge in [-0.2, -0.15) is 4.98 Å². The molecule has 2 atom stereocenters. The van der Waals surface area contributed by atoms with Crippen molar-refractivity contribution in [2.45, 2.75) is 37.7 Å². The molecular formula is C22H27FN4O4S. The van der Waals surface area contributed by atoms with Gasteiger partial charge in [-0.25, -0.2) is 14.2 Å². The molecule has 2 N–H and O–H groups in total. The summed E-state index contributed by atoms with van der Waals surface area (Å²) in [7, 11) is 0. The molecule has 1 aromatic carbocycles. The highest BCUT2D eigenvalue weighted by molar-refractivity contribution is 7.98. The average molecular weight is 463 g/mol. The number of carbonyl (C=O) groups excluding carboxylic acids is 1. The predicted octanol–water partition coefficient (Wildman–Crippen LogP) is 4.42. The normalized spacial score (nSPS) is 21.8. The van der Waals surface area contributed by atoms with Gasteiger partial charge in [-0.15, -0.1) is 11.8 Å². The van der Waals surface area contributed by atoms with Crippen molar-refractivity contribution in [1.82, 2.24) is 14.9 Å². The standard InChI is InChI=1S/C22H27FN4O4S/c1-13(2)31-21(29)27-7-6-22(9-14(22)10-27)11-30-20-18(28)19(24-12-25-20)26-17-5-4-15(32-3)8-16(17)23/h4-5,8,12-14,28H,6-7,9-11H2,1-3H3,(H,24,25,26). The van der Waals surface area contributed by atoms with Gasteiger partial charge in [-0.3, -0.25) is 0 Å². The fourth-order valence-corrected chi connectivity index (χ4v) is 4.45. The van der Waals surface area contributed by atoms with Gasteiger partial charge in [-0.1, -0.05) is 0 Å². The lowest BCUT2D eigenvalue weighted by atomic mass is 9.96. The Bertz CT molecular complexity index is 1010. The molecule has 4 rings (SSSR count). The van der Waals surface area contributed by atoms with Gasteiger partial charge in [-0.05, 0) is 57.1 Å². The number of hydrogen-bond donors (Lipinski definition) is 2. The molecule has 2 unspecified atom stereocenters. The maximum absolute atomic E-state index is 14.3. The molecule has 1 aromatic heterocycles. The number of nitrogens with zero attached hydrogens (tertiary/aromatic N) is 3. The number of rotatable bonds is 7. The number of aromatic hydroxyl groups is 1. The van der Waals surface area contributed by atoms with Crippen LogP contribution >= 0.6 is 11.8 Å². The van der Waals surface area contributed by atoms with Crippen LogP contribution in [0.4, 0.5) is 20.7 Å². The van der Waals surface area contributed by atoms with Crippen molar-refractivity contribution in [1.29, 1.82) is 0 Å². The molecule has 1 saturated heterocycles. The first-order valence-corrected chi connectivity index (χ1v) is 11.8. The van der Waals surface area contributed by atoms with E-state index < -0.39 is 5.82 Å². The molecule has 172 valence electrons. The Morgan fingerprint density at radius 1 is 1.44 bits per heavy atom. The third-order valence-electron chi connectivity index (χ3n) is 5.99. The monoisotopic (exact) mass is 462 g/mol. The molecule has 1 amide bonds. The van der Waals surface area contributed by atoms with Crippen molar-refractivity contribution < 1.29 is 23.8 Å². The van der Waals surface area contributed by atoms with Gasteiger partial charge in [0.15, 0.2) is 5.82 Å². The summed E-state index contributed by atoms with van der Waals surface area (Å²) in [6.45, 7) is 5.30. The summed E-state index contributed by atoms with van der Waals surface area (Å²) in [6, 6.07) is 4.79. The number of nitrogens with one attached hydrogen (secondary N) is 1. The predicted molar refractivity (Wildman–Crippen MR) is 119 cm³/mol. The van der Waals surface area contributed by atoms with Crippen molar-refractivity contribution in [3.63, 3.8) is 0 Å². The number of ether oxygens (including phenoxy) is 2. The first-order valence-electron chi connectivity index (χ1n) is 10.5. The molecule has 0 radical (unpaired) electrons. The minimum atomic E-state index is -0.445. The van der Waals surface area contributed by atoms with Crippen LogP contribution in [0.3, 0.4) is 0 Å². The summed E-state index contributed by atoms with van der Waals surface area (Å²) in [5.41, 5.74) is 0.170. The quantitative estimate of drug-likeness (QED) is 0.584. The van der Waals surface area contributed by atoms with Crippen LogP contribution in [0.1, 0.15) is 26.7 Å². The second-order valence-electron chi connectivity index (χ2n) is 8.53. The van der Waals surface area contributed by atoms with Crippen molar-refractivity contribution in [3.8, 4) is 11.6 Å². The molecule has 32 heavy (non-hydrogen) atoms. The number of piperidine rings is 1. The SMILES string of the molecule is CSc1ccc(Nc2ncnc(OCC34CCN(C(=O)OC(C)C)CC3C4)c2O)c(F)c1. The number of fused-ring (bicyclic) bond motifs is 1.